The Balaban J connectivity index is 0.00000441. The molecule has 2 N–H and O–H groups in total. The Labute approximate surface area is 133 Å². The number of amides is 1. The summed E-state index contributed by atoms with van der Waals surface area (Å²) in [4.78, 5) is 24.3. The molecule has 0 fully saturated rings. The van der Waals surface area contributed by atoms with Gasteiger partial charge in [0.2, 0.25) is 5.91 Å². The molecule has 0 aliphatic carbocycles. The Morgan fingerprint density at radius 1 is 1.36 bits per heavy atom. The van der Waals surface area contributed by atoms with Crippen LogP contribution in [-0.4, -0.2) is 41.0 Å². The summed E-state index contributed by atoms with van der Waals surface area (Å²) in [5, 5.41) is 11.1. The van der Waals surface area contributed by atoms with Crippen LogP contribution in [0.25, 0.3) is 0 Å². The van der Waals surface area contributed by atoms with E-state index in [9.17, 15) is 18.4 Å². The number of carboxylic acids is 1. The van der Waals surface area contributed by atoms with Crippen molar-refractivity contribution in [1.29, 1.82) is 0 Å². The maximum atomic E-state index is 13.5. The molecule has 0 aromatic heterocycles. The molecule has 124 valence electrons. The van der Waals surface area contributed by atoms with E-state index in [0.717, 1.165) is 18.2 Å². The molecule has 0 aliphatic rings. The lowest BCUT2D eigenvalue weighted by molar-refractivity contribution is -0.139. The minimum absolute atomic E-state index is 0. The summed E-state index contributed by atoms with van der Waals surface area (Å²) in [7, 11) is 0. The van der Waals surface area contributed by atoms with Gasteiger partial charge < -0.3 is 10.4 Å². The summed E-state index contributed by atoms with van der Waals surface area (Å²) in [6, 6.07) is 1.96. The summed E-state index contributed by atoms with van der Waals surface area (Å²) < 4.78 is 26.5. The normalized spacial score (nSPS) is 11.7. The third kappa shape index (κ3) is 5.95. The Morgan fingerprint density at radius 3 is 2.55 bits per heavy atom. The fourth-order valence-electron chi connectivity index (χ4n) is 1.87. The van der Waals surface area contributed by atoms with Gasteiger partial charge >= 0.3 is 5.97 Å². The van der Waals surface area contributed by atoms with Gasteiger partial charge in [0.25, 0.3) is 0 Å². The quantitative estimate of drug-likeness (QED) is 0.802. The Morgan fingerprint density at radius 2 is 2.00 bits per heavy atom. The zero-order valence-corrected chi connectivity index (χ0v) is 13.1. The number of nitrogens with zero attached hydrogens (tertiary/aromatic N) is 1. The minimum atomic E-state index is -1.06. The molecule has 22 heavy (non-hydrogen) atoms. The number of halogens is 3. The van der Waals surface area contributed by atoms with Gasteiger partial charge in [0, 0.05) is 6.07 Å². The van der Waals surface area contributed by atoms with Gasteiger partial charge in [-0.15, -0.1) is 12.4 Å². The van der Waals surface area contributed by atoms with E-state index in [2.05, 4.69) is 5.32 Å². The highest BCUT2D eigenvalue weighted by molar-refractivity contribution is 5.94. The largest absolute Gasteiger partial charge is 0.480 e. The average molecular weight is 337 g/mol. The molecule has 0 saturated carbocycles. The third-order valence-electron chi connectivity index (χ3n) is 2.96. The fourth-order valence-corrected chi connectivity index (χ4v) is 1.87. The highest BCUT2D eigenvalue weighted by Crippen LogP contribution is 2.16. The van der Waals surface area contributed by atoms with Crippen molar-refractivity contribution < 1.29 is 23.5 Å². The first-order valence-corrected chi connectivity index (χ1v) is 6.57. The first-order chi connectivity index (χ1) is 9.85. The SMILES string of the molecule is CCCN(CC(=O)O)C(C)C(=O)Nc1cc(F)ccc1F.Cl. The molecule has 1 aromatic carbocycles. The van der Waals surface area contributed by atoms with Crippen LogP contribution in [0.5, 0.6) is 0 Å². The van der Waals surface area contributed by atoms with Crippen LogP contribution in [0.3, 0.4) is 0 Å². The molecule has 5 nitrogen and oxygen atoms in total. The Kier molecular flexibility index (Phi) is 8.59. The first-order valence-electron chi connectivity index (χ1n) is 6.57. The summed E-state index contributed by atoms with van der Waals surface area (Å²) in [6.07, 6.45) is 0.666. The van der Waals surface area contributed by atoms with Crippen molar-refractivity contribution in [3.8, 4) is 0 Å². The van der Waals surface area contributed by atoms with Crippen molar-refractivity contribution >= 4 is 30.0 Å². The predicted octanol–water partition coefficient (Wildman–Crippen LogP) is 2.51. The van der Waals surface area contributed by atoms with E-state index in [1.807, 2.05) is 6.92 Å². The standard InChI is InChI=1S/C14H18F2N2O3.ClH/c1-3-6-18(8-13(19)20)9(2)14(21)17-12-7-10(15)4-5-11(12)16;/h4-5,7,9H,3,6,8H2,1-2H3,(H,17,21)(H,19,20);1H. The van der Waals surface area contributed by atoms with Gasteiger partial charge in [0.15, 0.2) is 0 Å². The zero-order chi connectivity index (χ0) is 16.0. The van der Waals surface area contributed by atoms with E-state index in [-0.39, 0.29) is 24.6 Å². The lowest BCUT2D eigenvalue weighted by Crippen LogP contribution is -2.45. The van der Waals surface area contributed by atoms with Crippen molar-refractivity contribution in [1.82, 2.24) is 4.90 Å². The van der Waals surface area contributed by atoms with Crippen molar-refractivity contribution in [3.05, 3.63) is 29.8 Å². The number of rotatable bonds is 7. The molecule has 1 aromatic rings. The van der Waals surface area contributed by atoms with Gasteiger partial charge in [-0.2, -0.15) is 0 Å². The van der Waals surface area contributed by atoms with Gasteiger partial charge in [-0.3, -0.25) is 14.5 Å². The van der Waals surface area contributed by atoms with E-state index in [4.69, 9.17) is 5.11 Å². The lowest BCUT2D eigenvalue weighted by atomic mass is 10.2. The molecule has 0 spiro atoms. The third-order valence-corrected chi connectivity index (χ3v) is 2.96. The number of carbonyl (C=O) groups is 2. The molecule has 0 bridgehead atoms. The highest BCUT2D eigenvalue weighted by atomic mass is 35.5. The molecule has 0 saturated heterocycles. The lowest BCUT2D eigenvalue weighted by Gasteiger charge is -2.26. The van der Waals surface area contributed by atoms with E-state index in [1.54, 1.807) is 0 Å². The van der Waals surface area contributed by atoms with Gasteiger partial charge in [0.1, 0.15) is 11.6 Å². The van der Waals surface area contributed by atoms with E-state index >= 15 is 0 Å². The maximum Gasteiger partial charge on any atom is 0.317 e. The molecule has 0 heterocycles. The fraction of sp³-hybridized carbons (Fsp3) is 0.429. The minimum Gasteiger partial charge on any atom is -0.480 e. The number of nitrogens with one attached hydrogen (secondary N) is 1. The van der Waals surface area contributed by atoms with Crippen molar-refractivity contribution in [3.63, 3.8) is 0 Å². The summed E-state index contributed by atoms with van der Waals surface area (Å²) >= 11 is 0. The van der Waals surface area contributed by atoms with E-state index in [0.29, 0.717) is 13.0 Å². The summed E-state index contributed by atoms with van der Waals surface area (Å²) in [5.41, 5.74) is -0.265. The molecular weight excluding hydrogens is 318 g/mol. The van der Waals surface area contributed by atoms with Crippen LogP contribution in [0.2, 0.25) is 0 Å². The molecule has 1 rings (SSSR count). The number of hydrogen-bond acceptors (Lipinski definition) is 3. The topological polar surface area (TPSA) is 69.6 Å². The zero-order valence-electron chi connectivity index (χ0n) is 12.3. The van der Waals surface area contributed by atoms with Gasteiger partial charge in [-0.05, 0) is 32.0 Å². The van der Waals surface area contributed by atoms with Crippen molar-refractivity contribution in [2.24, 2.45) is 0 Å². The Bertz CT molecular complexity index is 529. The number of anilines is 1. The highest BCUT2D eigenvalue weighted by Gasteiger charge is 2.23. The maximum absolute atomic E-state index is 13.5. The van der Waals surface area contributed by atoms with Gasteiger partial charge in [-0.1, -0.05) is 6.92 Å². The van der Waals surface area contributed by atoms with Crippen LogP contribution < -0.4 is 5.32 Å². The monoisotopic (exact) mass is 336 g/mol. The second kappa shape index (κ2) is 9.32. The van der Waals surface area contributed by atoms with Crippen LogP contribution in [-0.2, 0) is 9.59 Å². The molecule has 1 amide bonds. The first kappa shape index (κ1) is 20.3. The van der Waals surface area contributed by atoms with Crippen LogP contribution in [0, 0.1) is 11.6 Å². The molecular formula is C14H19ClF2N2O3. The number of hydrogen-bond donors (Lipinski definition) is 2. The number of aliphatic carboxylic acids is 1. The van der Waals surface area contributed by atoms with Crippen molar-refractivity contribution in [2.45, 2.75) is 26.3 Å². The van der Waals surface area contributed by atoms with Gasteiger partial charge in [-0.25, -0.2) is 8.78 Å². The molecule has 1 unspecified atom stereocenters. The van der Waals surface area contributed by atoms with Crippen LogP contribution in [0.1, 0.15) is 20.3 Å². The average Bonchev–Trinajstić information content (AvgIpc) is 2.41. The predicted molar refractivity (Wildman–Crippen MR) is 81.2 cm³/mol. The molecule has 1 atom stereocenters. The number of carbonyl (C=O) groups excluding carboxylic acids is 1. The Hall–Kier alpha value is -1.73. The smallest absolute Gasteiger partial charge is 0.317 e. The number of benzene rings is 1. The molecule has 8 heteroatoms. The summed E-state index contributed by atoms with van der Waals surface area (Å²) in [5.74, 6) is -3.07. The van der Waals surface area contributed by atoms with E-state index < -0.39 is 29.6 Å². The second-order valence-electron chi connectivity index (χ2n) is 4.65. The van der Waals surface area contributed by atoms with Crippen LogP contribution >= 0.6 is 12.4 Å². The second-order valence-corrected chi connectivity index (χ2v) is 4.65. The molecule has 0 radical (unpaired) electrons. The van der Waals surface area contributed by atoms with E-state index in [1.165, 1.54) is 11.8 Å². The van der Waals surface area contributed by atoms with Crippen LogP contribution in [0.4, 0.5) is 14.5 Å². The van der Waals surface area contributed by atoms with Crippen LogP contribution in [0.15, 0.2) is 18.2 Å². The van der Waals surface area contributed by atoms with Gasteiger partial charge in [0.05, 0.1) is 18.3 Å². The summed E-state index contributed by atoms with van der Waals surface area (Å²) in [6.45, 7) is 3.48. The van der Waals surface area contributed by atoms with Crippen molar-refractivity contribution in [2.75, 3.05) is 18.4 Å². The molecule has 0 aliphatic heterocycles. The number of carboxylic acid groups (broad SMARTS) is 1.